The number of fused-ring (bicyclic) bond motifs is 1. The van der Waals surface area contributed by atoms with Gasteiger partial charge in [0.15, 0.2) is 0 Å². The van der Waals surface area contributed by atoms with Crippen molar-refractivity contribution in [3.05, 3.63) is 0 Å². The molecule has 2 unspecified atom stereocenters. The molecule has 3 rings (SSSR count). The molecular weight excluding hydrogens is 176 g/mol. The van der Waals surface area contributed by atoms with E-state index in [1.807, 2.05) is 0 Å². The molecule has 2 aliphatic carbocycles. The first-order chi connectivity index (χ1) is 6.74. The second kappa shape index (κ2) is 2.96. The summed E-state index contributed by atoms with van der Waals surface area (Å²) in [5, 5.41) is 0. The first kappa shape index (κ1) is 8.72. The van der Waals surface area contributed by atoms with Crippen LogP contribution in [-0.2, 0) is 4.79 Å². The van der Waals surface area contributed by atoms with E-state index < -0.39 is 0 Å². The van der Waals surface area contributed by atoms with E-state index in [4.69, 9.17) is 5.73 Å². The average Bonchev–Trinajstić information content (AvgIpc) is 2.82. The minimum absolute atomic E-state index is 0.391. The molecule has 3 heteroatoms. The summed E-state index contributed by atoms with van der Waals surface area (Å²) >= 11 is 0. The van der Waals surface area contributed by atoms with Crippen LogP contribution in [0.3, 0.4) is 0 Å². The highest BCUT2D eigenvalue weighted by Crippen LogP contribution is 2.40. The summed E-state index contributed by atoms with van der Waals surface area (Å²) in [4.78, 5) is 13.9. The van der Waals surface area contributed by atoms with Gasteiger partial charge in [-0.15, -0.1) is 0 Å². The summed E-state index contributed by atoms with van der Waals surface area (Å²) in [7, 11) is 0. The van der Waals surface area contributed by atoms with Crippen molar-refractivity contribution >= 4 is 5.91 Å². The van der Waals surface area contributed by atoms with Crippen molar-refractivity contribution < 1.29 is 4.79 Å². The topological polar surface area (TPSA) is 46.3 Å². The quantitative estimate of drug-likeness (QED) is 0.664. The van der Waals surface area contributed by atoms with Crippen molar-refractivity contribution in [3.8, 4) is 0 Å². The molecule has 14 heavy (non-hydrogen) atoms. The third kappa shape index (κ3) is 1.34. The van der Waals surface area contributed by atoms with Gasteiger partial charge in [0.05, 0.1) is 0 Å². The van der Waals surface area contributed by atoms with Gasteiger partial charge in [0, 0.05) is 25.0 Å². The van der Waals surface area contributed by atoms with Crippen LogP contribution in [0.4, 0.5) is 0 Å². The molecule has 1 saturated heterocycles. The van der Waals surface area contributed by atoms with Crippen molar-refractivity contribution in [2.24, 2.45) is 23.5 Å². The van der Waals surface area contributed by atoms with Crippen molar-refractivity contribution in [3.63, 3.8) is 0 Å². The second-order valence-corrected chi connectivity index (χ2v) is 5.27. The maximum atomic E-state index is 11.8. The fraction of sp³-hybridized carbons (Fsp3) is 0.909. The molecular formula is C11H18N2O. The van der Waals surface area contributed by atoms with Gasteiger partial charge in [0.25, 0.3) is 0 Å². The van der Waals surface area contributed by atoms with Crippen molar-refractivity contribution in [2.45, 2.75) is 31.7 Å². The summed E-state index contributed by atoms with van der Waals surface area (Å²) in [6.45, 7) is 1.99. The highest BCUT2D eigenvalue weighted by molar-refractivity contribution is 5.81. The Balaban J connectivity index is 1.63. The zero-order chi connectivity index (χ0) is 9.71. The van der Waals surface area contributed by atoms with E-state index in [-0.39, 0.29) is 0 Å². The Bertz CT molecular complexity index is 248. The number of amides is 1. The lowest BCUT2D eigenvalue weighted by atomic mass is 10.0. The number of nitrogens with two attached hydrogens (primary N) is 1. The monoisotopic (exact) mass is 194 g/mol. The van der Waals surface area contributed by atoms with E-state index in [2.05, 4.69) is 4.90 Å². The molecule has 0 radical (unpaired) electrons. The van der Waals surface area contributed by atoms with Crippen LogP contribution in [0.5, 0.6) is 0 Å². The molecule has 2 atom stereocenters. The van der Waals surface area contributed by atoms with Crippen LogP contribution in [0.25, 0.3) is 0 Å². The summed E-state index contributed by atoms with van der Waals surface area (Å²) in [5.74, 6) is 2.25. The largest absolute Gasteiger partial charge is 0.342 e. The van der Waals surface area contributed by atoms with Crippen molar-refractivity contribution in [1.29, 1.82) is 0 Å². The first-order valence-corrected chi connectivity index (χ1v) is 5.78. The van der Waals surface area contributed by atoms with Gasteiger partial charge in [0.1, 0.15) is 0 Å². The maximum absolute atomic E-state index is 11.8. The number of likely N-dealkylation sites (tertiary alicyclic amines) is 1. The van der Waals surface area contributed by atoms with Gasteiger partial charge in [-0.25, -0.2) is 0 Å². The number of hydrogen-bond donors (Lipinski definition) is 1. The van der Waals surface area contributed by atoms with Gasteiger partial charge in [-0.2, -0.15) is 0 Å². The SMILES string of the molecule is NC1CC2CN(C(=O)C3CC3)CC2C1. The van der Waals surface area contributed by atoms with Gasteiger partial charge in [-0.3, -0.25) is 4.79 Å². The number of carbonyl (C=O) groups excluding carboxylic acids is 1. The minimum Gasteiger partial charge on any atom is -0.342 e. The van der Waals surface area contributed by atoms with Crippen molar-refractivity contribution in [1.82, 2.24) is 4.90 Å². The predicted octanol–water partition coefficient (Wildman–Crippen LogP) is 0.592. The fourth-order valence-electron chi connectivity index (χ4n) is 3.12. The third-order valence-electron chi connectivity index (χ3n) is 4.03. The summed E-state index contributed by atoms with van der Waals surface area (Å²) in [6.07, 6.45) is 4.53. The van der Waals surface area contributed by atoms with E-state index in [0.29, 0.717) is 29.7 Å². The Morgan fingerprint density at radius 1 is 1.14 bits per heavy atom. The Labute approximate surface area is 84.6 Å². The molecule has 1 heterocycles. The summed E-state index contributed by atoms with van der Waals surface area (Å²) in [6, 6.07) is 0.406. The molecule has 0 aromatic carbocycles. The molecule has 1 aliphatic heterocycles. The van der Waals surface area contributed by atoms with E-state index >= 15 is 0 Å². The van der Waals surface area contributed by atoms with E-state index in [9.17, 15) is 4.79 Å². The Morgan fingerprint density at radius 2 is 1.71 bits per heavy atom. The van der Waals surface area contributed by atoms with Crippen LogP contribution in [0.2, 0.25) is 0 Å². The molecule has 0 bridgehead atoms. The lowest BCUT2D eigenvalue weighted by Crippen LogP contribution is -2.32. The fourth-order valence-corrected chi connectivity index (χ4v) is 3.12. The van der Waals surface area contributed by atoms with Gasteiger partial charge in [0.2, 0.25) is 5.91 Å². The van der Waals surface area contributed by atoms with E-state index in [0.717, 1.165) is 38.8 Å². The van der Waals surface area contributed by atoms with Gasteiger partial charge < -0.3 is 10.6 Å². The highest BCUT2D eigenvalue weighted by Gasteiger charge is 2.44. The number of hydrogen-bond acceptors (Lipinski definition) is 2. The van der Waals surface area contributed by atoms with Gasteiger partial charge in [-0.1, -0.05) is 0 Å². The van der Waals surface area contributed by atoms with E-state index in [1.54, 1.807) is 0 Å². The molecule has 3 aliphatic rings. The van der Waals surface area contributed by atoms with Crippen molar-refractivity contribution in [2.75, 3.05) is 13.1 Å². The van der Waals surface area contributed by atoms with Gasteiger partial charge >= 0.3 is 0 Å². The van der Waals surface area contributed by atoms with Crippen LogP contribution in [-0.4, -0.2) is 29.9 Å². The zero-order valence-corrected chi connectivity index (χ0v) is 8.48. The first-order valence-electron chi connectivity index (χ1n) is 5.78. The maximum Gasteiger partial charge on any atom is 0.225 e. The van der Waals surface area contributed by atoms with Gasteiger partial charge in [-0.05, 0) is 37.5 Å². The summed E-state index contributed by atoms with van der Waals surface area (Å²) in [5.41, 5.74) is 5.92. The average molecular weight is 194 g/mol. The molecule has 2 N–H and O–H groups in total. The Morgan fingerprint density at radius 3 is 2.21 bits per heavy atom. The zero-order valence-electron chi connectivity index (χ0n) is 8.48. The molecule has 3 fully saturated rings. The lowest BCUT2D eigenvalue weighted by Gasteiger charge is -2.17. The van der Waals surface area contributed by atoms with Crippen LogP contribution in [0.1, 0.15) is 25.7 Å². The van der Waals surface area contributed by atoms with Crippen LogP contribution in [0, 0.1) is 17.8 Å². The second-order valence-electron chi connectivity index (χ2n) is 5.27. The number of nitrogens with zero attached hydrogens (tertiary/aromatic N) is 1. The van der Waals surface area contributed by atoms with Crippen LogP contribution >= 0.6 is 0 Å². The lowest BCUT2D eigenvalue weighted by molar-refractivity contribution is -0.131. The normalized spacial score (nSPS) is 41.5. The molecule has 78 valence electrons. The number of carbonyl (C=O) groups is 1. The molecule has 1 amide bonds. The molecule has 0 aromatic heterocycles. The molecule has 2 saturated carbocycles. The van der Waals surface area contributed by atoms with E-state index in [1.165, 1.54) is 0 Å². The standard InChI is InChI=1S/C11H18N2O/c12-10-3-8-5-13(6-9(8)4-10)11(14)7-1-2-7/h7-10H,1-6,12H2. The Kier molecular flexibility index (Phi) is 1.84. The molecule has 0 spiro atoms. The summed E-state index contributed by atoms with van der Waals surface area (Å²) < 4.78 is 0. The Hall–Kier alpha value is -0.570. The third-order valence-corrected chi connectivity index (χ3v) is 4.03. The molecule has 3 nitrogen and oxygen atoms in total. The van der Waals surface area contributed by atoms with Crippen LogP contribution in [0.15, 0.2) is 0 Å². The highest BCUT2D eigenvalue weighted by atomic mass is 16.2. The minimum atomic E-state index is 0.391. The smallest absolute Gasteiger partial charge is 0.225 e. The van der Waals surface area contributed by atoms with Crippen LogP contribution < -0.4 is 5.73 Å². The number of rotatable bonds is 1. The predicted molar refractivity (Wildman–Crippen MR) is 53.5 cm³/mol. The molecule has 0 aromatic rings.